The molecule has 2 atom stereocenters. The first-order valence-corrected chi connectivity index (χ1v) is 9.07. The van der Waals surface area contributed by atoms with E-state index in [9.17, 15) is 0 Å². The predicted octanol–water partition coefficient (Wildman–Crippen LogP) is 3.22. The van der Waals surface area contributed by atoms with Crippen LogP contribution in [0.5, 0.6) is 0 Å². The Hall–Kier alpha value is -0.0400. The van der Waals surface area contributed by atoms with Gasteiger partial charge in [-0.05, 0) is 64.6 Å². The second-order valence-electron chi connectivity index (χ2n) is 6.69. The largest absolute Gasteiger partial charge is 0.357 e. The Labute approximate surface area is 153 Å². The molecule has 1 saturated heterocycles. The monoisotopic (exact) mass is 422 g/mol. The highest BCUT2D eigenvalue weighted by Gasteiger charge is 2.33. The van der Waals surface area contributed by atoms with Crippen LogP contribution in [0.25, 0.3) is 0 Å². The van der Waals surface area contributed by atoms with Gasteiger partial charge in [0.15, 0.2) is 5.96 Å². The van der Waals surface area contributed by atoms with Gasteiger partial charge >= 0.3 is 0 Å². The van der Waals surface area contributed by atoms with Crippen LogP contribution in [0.2, 0.25) is 0 Å². The molecule has 2 N–H and O–H groups in total. The van der Waals surface area contributed by atoms with Crippen molar-refractivity contribution < 1.29 is 0 Å². The second-order valence-corrected chi connectivity index (χ2v) is 6.69. The van der Waals surface area contributed by atoms with Gasteiger partial charge in [-0.3, -0.25) is 4.99 Å². The van der Waals surface area contributed by atoms with Crippen LogP contribution >= 0.6 is 24.0 Å². The molecule has 0 spiro atoms. The highest BCUT2D eigenvalue weighted by Crippen LogP contribution is 2.28. The number of halogens is 1. The number of likely N-dealkylation sites (tertiary alicyclic amines) is 1. The van der Waals surface area contributed by atoms with Crippen LogP contribution < -0.4 is 10.6 Å². The van der Waals surface area contributed by atoms with Gasteiger partial charge in [0.05, 0.1) is 0 Å². The number of hydrogen-bond donors (Lipinski definition) is 2. The molecule has 1 aliphatic carbocycles. The first-order chi connectivity index (χ1) is 10.3. The molecule has 0 amide bonds. The smallest absolute Gasteiger partial charge is 0.191 e. The van der Waals surface area contributed by atoms with Gasteiger partial charge in [0.25, 0.3) is 0 Å². The van der Waals surface area contributed by atoms with E-state index >= 15 is 0 Å². The Kier molecular flexibility index (Phi) is 10.4. The highest BCUT2D eigenvalue weighted by atomic mass is 127. The summed E-state index contributed by atoms with van der Waals surface area (Å²) in [6, 6.07) is 0.655. The van der Waals surface area contributed by atoms with E-state index < -0.39 is 0 Å². The van der Waals surface area contributed by atoms with E-state index in [-0.39, 0.29) is 24.0 Å². The average Bonchev–Trinajstić information content (AvgIpc) is 3.19. The Balaban J connectivity index is 0.00000242. The van der Waals surface area contributed by atoms with Gasteiger partial charge < -0.3 is 15.5 Å². The summed E-state index contributed by atoms with van der Waals surface area (Å²) in [5.74, 6) is 1.83. The Morgan fingerprint density at radius 2 is 1.86 bits per heavy atom. The normalized spacial score (nSPS) is 25.5. The van der Waals surface area contributed by atoms with Crippen molar-refractivity contribution in [2.24, 2.45) is 10.9 Å². The van der Waals surface area contributed by atoms with Crippen LogP contribution in [0.15, 0.2) is 4.99 Å². The Bertz CT molecular complexity index is 316. The fourth-order valence-corrected chi connectivity index (χ4v) is 3.02. The molecule has 1 heterocycles. The third-order valence-corrected chi connectivity index (χ3v) is 4.63. The molecule has 2 aliphatic rings. The van der Waals surface area contributed by atoms with E-state index in [1.165, 1.54) is 64.6 Å². The molecule has 5 heteroatoms. The van der Waals surface area contributed by atoms with Gasteiger partial charge in [0.1, 0.15) is 0 Å². The minimum absolute atomic E-state index is 0. The zero-order valence-corrected chi connectivity index (χ0v) is 16.8. The molecule has 22 heavy (non-hydrogen) atoms. The van der Waals surface area contributed by atoms with E-state index in [1.54, 1.807) is 0 Å². The highest BCUT2D eigenvalue weighted by molar-refractivity contribution is 14.0. The summed E-state index contributed by atoms with van der Waals surface area (Å²) in [5, 5.41) is 6.86. The third kappa shape index (κ3) is 7.99. The van der Waals surface area contributed by atoms with Crippen LogP contribution in [-0.2, 0) is 0 Å². The zero-order valence-electron chi connectivity index (χ0n) is 14.4. The molecule has 2 rings (SSSR count). The van der Waals surface area contributed by atoms with E-state index in [4.69, 9.17) is 4.99 Å². The number of guanidine groups is 1. The third-order valence-electron chi connectivity index (χ3n) is 4.63. The van der Waals surface area contributed by atoms with Crippen molar-refractivity contribution in [3.8, 4) is 0 Å². The molecule has 130 valence electrons. The molecule has 0 bridgehead atoms. The maximum atomic E-state index is 4.69. The molecular weight excluding hydrogens is 387 g/mol. The van der Waals surface area contributed by atoms with Gasteiger partial charge in [0, 0.05) is 19.1 Å². The molecule has 0 aromatic carbocycles. The number of nitrogens with zero attached hydrogens (tertiary/aromatic N) is 2. The van der Waals surface area contributed by atoms with Gasteiger partial charge in [-0.1, -0.05) is 19.8 Å². The summed E-state index contributed by atoms with van der Waals surface area (Å²) < 4.78 is 0. The molecule has 0 aromatic heterocycles. The SMILES string of the molecule is CCNC(=NCCCCCN1CCCCC1)NC1CC1C.I. The van der Waals surface area contributed by atoms with E-state index in [2.05, 4.69) is 29.4 Å². The lowest BCUT2D eigenvalue weighted by Gasteiger charge is -2.26. The van der Waals surface area contributed by atoms with Crippen molar-refractivity contribution in [3.05, 3.63) is 0 Å². The second kappa shape index (κ2) is 11.5. The summed E-state index contributed by atoms with van der Waals surface area (Å²) in [6.45, 7) is 10.3. The fraction of sp³-hybridized carbons (Fsp3) is 0.941. The summed E-state index contributed by atoms with van der Waals surface area (Å²) in [6.07, 6.45) is 9.39. The van der Waals surface area contributed by atoms with Gasteiger partial charge in [-0.2, -0.15) is 0 Å². The van der Waals surface area contributed by atoms with Crippen LogP contribution in [0, 0.1) is 5.92 Å². The standard InChI is InChI=1S/C17H34N4.HI/c1-3-18-17(20-16-14-15(16)2)19-10-6-4-7-11-21-12-8-5-9-13-21;/h15-16H,3-14H2,1-2H3,(H2,18,19,20);1H. The van der Waals surface area contributed by atoms with Gasteiger partial charge in [0.2, 0.25) is 0 Å². The lowest BCUT2D eigenvalue weighted by atomic mass is 10.1. The zero-order chi connectivity index (χ0) is 14.9. The first-order valence-electron chi connectivity index (χ1n) is 9.07. The van der Waals surface area contributed by atoms with Crippen LogP contribution in [-0.4, -0.2) is 49.6 Å². The molecule has 0 aromatic rings. The van der Waals surface area contributed by atoms with Crippen LogP contribution in [0.3, 0.4) is 0 Å². The topological polar surface area (TPSA) is 39.7 Å². The number of rotatable bonds is 8. The van der Waals surface area contributed by atoms with Crippen molar-refractivity contribution in [2.45, 2.75) is 64.8 Å². The quantitative estimate of drug-likeness (QED) is 0.273. The van der Waals surface area contributed by atoms with Crippen molar-refractivity contribution in [1.29, 1.82) is 0 Å². The molecule has 2 fully saturated rings. The molecule has 4 nitrogen and oxygen atoms in total. The number of piperidine rings is 1. The van der Waals surface area contributed by atoms with E-state index in [0.29, 0.717) is 6.04 Å². The first kappa shape index (κ1) is 20.0. The predicted molar refractivity (Wildman–Crippen MR) is 106 cm³/mol. The minimum atomic E-state index is 0. The van der Waals surface area contributed by atoms with Crippen molar-refractivity contribution in [2.75, 3.05) is 32.7 Å². The number of unbranched alkanes of at least 4 members (excludes halogenated alkanes) is 2. The number of aliphatic imine (C=N–C) groups is 1. The van der Waals surface area contributed by atoms with E-state index in [1.807, 2.05) is 0 Å². The molecule has 0 radical (unpaired) electrons. The molecule has 1 aliphatic heterocycles. The number of nitrogens with one attached hydrogen (secondary N) is 2. The summed E-state index contributed by atoms with van der Waals surface area (Å²) >= 11 is 0. The minimum Gasteiger partial charge on any atom is -0.357 e. The summed E-state index contributed by atoms with van der Waals surface area (Å²) in [5.41, 5.74) is 0. The van der Waals surface area contributed by atoms with Crippen molar-refractivity contribution in [1.82, 2.24) is 15.5 Å². The molecule has 2 unspecified atom stereocenters. The molecule has 1 saturated carbocycles. The van der Waals surface area contributed by atoms with Crippen LogP contribution in [0.4, 0.5) is 0 Å². The Morgan fingerprint density at radius 1 is 1.14 bits per heavy atom. The molecular formula is C17H35IN4. The number of hydrogen-bond acceptors (Lipinski definition) is 2. The van der Waals surface area contributed by atoms with Crippen LogP contribution in [0.1, 0.15) is 58.8 Å². The van der Waals surface area contributed by atoms with Crippen molar-refractivity contribution in [3.63, 3.8) is 0 Å². The van der Waals surface area contributed by atoms with Gasteiger partial charge in [-0.25, -0.2) is 0 Å². The maximum Gasteiger partial charge on any atom is 0.191 e. The lowest BCUT2D eigenvalue weighted by molar-refractivity contribution is 0.224. The fourth-order valence-electron chi connectivity index (χ4n) is 3.02. The Morgan fingerprint density at radius 3 is 2.50 bits per heavy atom. The maximum absolute atomic E-state index is 4.69. The summed E-state index contributed by atoms with van der Waals surface area (Å²) in [4.78, 5) is 7.33. The van der Waals surface area contributed by atoms with Crippen molar-refractivity contribution >= 4 is 29.9 Å². The lowest BCUT2D eigenvalue weighted by Crippen LogP contribution is -2.39. The summed E-state index contributed by atoms with van der Waals surface area (Å²) in [7, 11) is 0. The van der Waals surface area contributed by atoms with Gasteiger partial charge in [-0.15, -0.1) is 24.0 Å². The van der Waals surface area contributed by atoms with E-state index in [0.717, 1.165) is 25.0 Å². The average molecular weight is 422 g/mol.